The maximum atomic E-state index is 11.1. The Morgan fingerprint density at radius 1 is 1.25 bits per heavy atom. The molecule has 0 aromatic rings. The number of carbonyl (C=O) groups is 2. The van der Waals surface area contributed by atoms with Crippen LogP contribution in [0, 0.1) is 5.92 Å². The third-order valence-corrected chi connectivity index (χ3v) is 2.78. The van der Waals surface area contributed by atoms with Crippen molar-refractivity contribution in [2.75, 3.05) is 13.2 Å². The Hall–Kier alpha value is -1.26. The zero-order chi connectivity index (χ0) is 11.8. The third kappa shape index (κ3) is 5.00. The Balaban J connectivity index is 2.38. The Kier molecular flexibility index (Phi) is 5.67. The van der Waals surface area contributed by atoms with Crippen LogP contribution in [0.1, 0.15) is 38.5 Å². The van der Waals surface area contributed by atoms with E-state index in [0.717, 1.165) is 25.7 Å². The van der Waals surface area contributed by atoms with Crippen LogP contribution in [0.4, 0.5) is 4.79 Å². The number of carbonyl (C=O) groups excluding carboxylic acids is 1. The average Bonchev–Trinajstić information content (AvgIpc) is 2.22. The lowest BCUT2D eigenvalue weighted by atomic mass is 9.96. The smallest absolute Gasteiger partial charge is 0.407 e. The van der Waals surface area contributed by atoms with Crippen molar-refractivity contribution in [3.05, 3.63) is 0 Å². The predicted molar refractivity (Wildman–Crippen MR) is 58.2 cm³/mol. The van der Waals surface area contributed by atoms with Crippen LogP contribution in [0.25, 0.3) is 0 Å². The number of cyclic esters (lactones) is 1. The zero-order valence-electron chi connectivity index (χ0n) is 9.41. The molecular weight excluding hydrogens is 210 g/mol. The van der Waals surface area contributed by atoms with Crippen LogP contribution in [0.5, 0.6) is 0 Å². The molecule has 1 atom stereocenters. The summed E-state index contributed by atoms with van der Waals surface area (Å²) in [6.07, 6.45) is 4.27. The van der Waals surface area contributed by atoms with Gasteiger partial charge in [0.15, 0.2) is 0 Å². The molecule has 0 aliphatic carbocycles. The van der Waals surface area contributed by atoms with E-state index in [-0.39, 0.29) is 5.92 Å². The van der Waals surface area contributed by atoms with Crippen LogP contribution < -0.4 is 5.32 Å². The highest BCUT2D eigenvalue weighted by Crippen LogP contribution is 2.16. The molecule has 0 aromatic heterocycles. The first kappa shape index (κ1) is 12.8. The quantitative estimate of drug-likeness (QED) is 0.718. The molecule has 2 N–H and O–H groups in total. The summed E-state index contributed by atoms with van der Waals surface area (Å²) in [7, 11) is 0. The molecule has 5 heteroatoms. The molecule has 1 saturated heterocycles. The van der Waals surface area contributed by atoms with Crippen molar-refractivity contribution in [2.24, 2.45) is 5.92 Å². The lowest BCUT2D eigenvalue weighted by Gasteiger charge is -2.14. The number of ether oxygens (including phenoxy) is 1. The van der Waals surface area contributed by atoms with Crippen molar-refractivity contribution in [3.63, 3.8) is 0 Å². The summed E-state index contributed by atoms with van der Waals surface area (Å²) in [4.78, 5) is 22.0. The number of aliphatic carboxylic acids is 1. The molecule has 92 valence electrons. The molecule has 1 amide bonds. The van der Waals surface area contributed by atoms with Crippen molar-refractivity contribution in [2.45, 2.75) is 38.5 Å². The molecule has 0 bridgehead atoms. The monoisotopic (exact) mass is 229 g/mol. The van der Waals surface area contributed by atoms with Gasteiger partial charge in [0.25, 0.3) is 0 Å². The molecule has 16 heavy (non-hydrogen) atoms. The van der Waals surface area contributed by atoms with Crippen LogP contribution in [0.3, 0.4) is 0 Å². The van der Waals surface area contributed by atoms with Gasteiger partial charge in [-0.2, -0.15) is 0 Å². The fourth-order valence-electron chi connectivity index (χ4n) is 1.82. The van der Waals surface area contributed by atoms with Gasteiger partial charge in [0.05, 0.1) is 12.5 Å². The Bertz CT molecular complexity index is 240. The number of hydrogen-bond donors (Lipinski definition) is 2. The lowest BCUT2D eigenvalue weighted by Crippen LogP contribution is -2.26. The van der Waals surface area contributed by atoms with Gasteiger partial charge in [-0.25, -0.2) is 4.79 Å². The number of hydrogen-bond acceptors (Lipinski definition) is 3. The minimum Gasteiger partial charge on any atom is -0.481 e. The molecule has 1 rings (SSSR count). The maximum Gasteiger partial charge on any atom is 0.407 e. The van der Waals surface area contributed by atoms with Crippen molar-refractivity contribution < 1.29 is 19.4 Å². The van der Waals surface area contributed by atoms with E-state index in [1.165, 1.54) is 0 Å². The first-order chi connectivity index (χ1) is 7.70. The summed E-state index contributed by atoms with van der Waals surface area (Å²) in [5.41, 5.74) is 0. The van der Waals surface area contributed by atoms with Gasteiger partial charge in [-0.3, -0.25) is 4.79 Å². The number of alkyl carbamates (subject to hydrolysis) is 1. The summed E-state index contributed by atoms with van der Waals surface area (Å²) in [6, 6.07) is 0. The van der Waals surface area contributed by atoms with Crippen molar-refractivity contribution in [3.8, 4) is 0 Å². The SMILES string of the molecule is O=C1NCCCCCC(C(=O)O)CCCO1. The molecule has 1 aliphatic rings. The number of nitrogens with one attached hydrogen (secondary N) is 1. The number of rotatable bonds is 1. The molecular formula is C11H19NO4. The van der Waals surface area contributed by atoms with Crippen molar-refractivity contribution >= 4 is 12.1 Å². The highest BCUT2D eigenvalue weighted by molar-refractivity contribution is 5.69. The van der Waals surface area contributed by atoms with E-state index in [4.69, 9.17) is 9.84 Å². The second-order valence-corrected chi connectivity index (χ2v) is 4.09. The van der Waals surface area contributed by atoms with Gasteiger partial charge in [0.1, 0.15) is 0 Å². The van der Waals surface area contributed by atoms with E-state index in [9.17, 15) is 9.59 Å². The Morgan fingerprint density at radius 3 is 2.75 bits per heavy atom. The summed E-state index contributed by atoms with van der Waals surface area (Å²) < 4.78 is 4.90. The number of carboxylic acids is 1. The Morgan fingerprint density at radius 2 is 2.00 bits per heavy atom. The summed E-state index contributed by atoms with van der Waals surface area (Å²) >= 11 is 0. The van der Waals surface area contributed by atoms with E-state index >= 15 is 0 Å². The van der Waals surface area contributed by atoms with E-state index < -0.39 is 12.1 Å². The number of carboxylic acid groups (broad SMARTS) is 1. The zero-order valence-corrected chi connectivity index (χ0v) is 9.41. The van der Waals surface area contributed by atoms with Crippen molar-refractivity contribution in [1.29, 1.82) is 0 Å². The molecule has 0 spiro atoms. The molecule has 0 radical (unpaired) electrons. The van der Waals surface area contributed by atoms with Crippen LogP contribution in [-0.2, 0) is 9.53 Å². The van der Waals surface area contributed by atoms with E-state index in [0.29, 0.717) is 26.0 Å². The van der Waals surface area contributed by atoms with Gasteiger partial charge in [-0.15, -0.1) is 0 Å². The first-order valence-corrected chi connectivity index (χ1v) is 5.83. The highest BCUT2D eigenvalue weighted by atomic mass is 16.5. The van der Waals surface area contributed by atoms with Gasteiger partial charge in [-0.05, 0) is 25.7 Å². The molecule has 5 nitrogen and oxygen atoms in total. The summed E-state index contributed by atoms with van der Waals surface area (Å²) in [5, 5.41) is 11.6. The fraction of sp³-hybridized carbons (Fsp3) is 0.818. The van der Waals surface area contributed by atoms with Crippen molar-refractivity contribution in [1.82, 2.24) is 5.32 Å². The largest absolute Gasteiger partial charge is 0.481 e. The van der Waals surface area contributed by atoms with Gasteiger partial charge in [-0.1, -0.05) is 12.8 Å². The van der Waals surface area contributed by atoms with Gasteiger partial charge in [0, 0.05) is 6.54 Å². The summed E-state index contributed by atoms with van der Waals surface area (Å²) in [6.45, 7) is 0.909. The van der Waals surface area contributed by atoms with E-state index in [1.807, 2.05) is 0 Å². The lowest BCUT2D eigenvalue weighted by molar-refractivity contribution is -0.142. The number of amides is 1. The molecule has 0 aromatic carbocycles. The molecule has 0 saturated carbocycles. The van der Waals surface area contributed by atoms with Crippen LogP contribution in [-0.4, -0.2) is 30.3 Å². The third-order valence-electron chi connectivity index (χ3n) is 2.78. The minimum atomic E-state index is -0.735. The van der Waals surface area contributed by atoms with Crippen LogP contribution in [0.2, 0.25) is 0 Å². The van der Waals surface area contributed by atoms with E-state index in [2.05, 4.69) is 5.32 Å². The van der Waals surface area contributed by atoms with Crippen LogP contribution >= 0.6 is 0 Å². The van der Waals surface area contributed by atoms with Gasteiger partial charge < -0.3 is 15.2 Å². The van der Waals surface area contributed by atoms with Gasteiger partial charge in [0.2, 0.25) is 0 Å². The Labute approximate surface area is 95.2 Å². The fourth-order valence-corrected chi connectivity index (χ4v) is 1.82. The highest BCUT2D eigenvalue weighted by Gasteiger charge is 2.17. The maximum absolute atomic E-state index is 11.1. The topological polar surface area (TPSA) is 75.6 Å². The normalized spacial score (nSPS) is 24.5. The van der Waals surface area contributed by atoms with E-state index in [1.54, 1.807) is 0 Å². The first-order valence-electron chi connectivity index (χ1n) is 5.83. The summed E-state index contributed by atoms with van der Waals surface area (Å²) in [5.74, 6) is -1.02. The standard InChI is InChI=1S/C11H19NO4/c13-10(14)9-5-2-1-3-7-12-11(15)16-8-4-6-9/h9H,1-8H2,(H,12,15)(H,13,14). The predicted octanol–water partition coefficient (Wildman–Crippen LogP) is 1.77. The second-order valence-electron chi connectivity index (χ2n) is 4.09. The molecule has 1 heterocycles. The second kappa shape index (κ2) is 7.09. The minimum absolute atomic E-state index is 0.286. The molecule has 1 aliphatic heterocycles. The van der Waals surface area contributed by atoms with Gasteiger partial charge >= 0.3 is 12.1 Å². The molecule has 1 fully saturated rings. The average molecular weight is 229 g/mol. The molecule has 1 unspecified atom stereocenters. The van der Waals surface area contributed by atoms with Crippen LogP contribution in [0.15, 0.2) is 0 Å².